The van der Waals surface area contributed by atoms with Crippen molar-refractivity contribution in [2.24, 2.45) is 0 Å². The maximum Gasteiger partial charge on any atom is 0.241 e. The van der Waals surface area contributed by atoms with Gasteiger partial charge in [0.25, 0.3) is 0 Å². The van der Waals surface area contributed by atoms with Crippen molar-refractivity contribution in [3.05, 3.63) is 23.8 Å². The van der Waals surface area contributed by atoms with Crippen LogP contribution in [0.4, 0.5) is 11.4 Å². The van der Waals surface area contributed by atoms with Crippen LogP contribution in [0.2, 0.25) is 0 Å². The Morgan fingerprint density at radius 3 is 2.84 bits per heavy atom. The van der Waals surface area contributed by atoms with E-state index in [1.807, 2.05) is 0 Å². The molecule has 0 aliphatic carbocycles. The number of fused-ring (bicyclic) bond motifs is 1. The lowest BCUT2D eigenvalue weighted by molar-refractivity contribution is -0.127. The first-order valence-corrected chi connectivity index (χ1v) is 6.93. The zero-order valence-electron chi connectivity index (χ0n) is 12.1. The molecule has 0 fully saturated rings. The molecule has 0 aromatic heterocycles. The van der Waals surface area contributed by atoms with E-state index in [9.17, 15) is 4.79 Å². The van der Waals surface area contributed by atoms with Gasteiger partial charge in [-0.1, -0.05) is 6.07 Å². The fraction of sp³-hybridized carbons (Fsp3) is 0.533. The Bertz CT molecular complexity index is 457. The largest absolute Gasteiger partial charge is 0.385 e. The average molecular weight is 261 g/mol. The molecule has 1 aliphatic rings. The first-order chi connectivity index (χ1) is 9.11. The van der Waals surface area contributed by atoms with Crippen molar-refractivity contribution in [2.45, 2.75) is 19.8 Å². The summed E-state index contributed by atoms with van der Waals surface area (Å²) >= 11 is 0. The van der Waals surface area contributed by atoms with E-state index in [2.05, 4.69) is 35.3 Å². The smallest absolute Gasteiger partial charge is 0.241 e. The lowest BCUT2D eigenvalue weighted by Crippen LogP contribution is -2.36. The molecule has 1 heterocycles. The molecule has 1 aromatic carbocycles. The Morgan fingerprint density at radius 1 is 1.37 bits per heavy atom. The molecule has 4 nitrogen and oxygen atoms in total. The molecule has 0 saturated heterocycles. The second-order valence-corrected chi connectivity index (χ2v) is 5.17. The summed E-state index contributed by atoms with van der Waals surface area (Å²) in [5.74, 6) is 0.132. The third kappa shape index (κ3) is 3.19. The maximum atomic E-state index is 11.8. The molecule has 104 valence electrons. The lowest BCUT2D eigenvalue weighted by Gasteiger charge is -2.26. The van der Waals surface area contributed by atoms with Crippen molar-refractivity contribution in [1.29, 1.82) is 0 Å². The van der Waals surface area contributed by atoms with Crippen molar-refractivity contribution in [2.75, 3.05) is 43.9 Å². The van der Waals surface area contributed by atoms with Crippen LogP contribution >= 0.6 is 0 Å². The van der Waals surface area contributed by atoms with E-state index in [1.165, 1.54) is 17.7 Å². The zero-order chi connectivity index (χ0) is 13.8. The van der Waals surface area contributed by atoms with E-state index in [-0.39, 0.29) is 5.91 Å². The van der Waals surface area contributed by atoms with Crippen molar-refractivity contribution in [1.82, 2.24) is 4.90 Å². The molecule has 0 atom stereocenters. The van der Waals surface area contributed by atoms with Crippen molar-refractivity contribution in [3.8, 4) is 0 Å². The number of aryl methyl sites for hydroxylation is 1. The number of hydrogen-bond donors (Lipinski definition) is 1. The number of amides is 1. The summed E-state index contributed by atoms with van der Waals surface area (Å²) in [6, 6.07) is 6.47. The topological polar surface area (TPSA) is 35.6 Å². The van der Waals surface area contributed by atoms with Gasteiger partial charge in [0.1, 0.15) is 0 Å². The van der Waals surface area contributed by atoms with Crippen LogP contribution in [-0.4, -0.2) is 44.5 Å². The first-order valence-electron chi connectivity index (χ1n) is 6.93. The van der Waals surface area contributed by atoms with E-state index < -0.39 is 0 Å². The highest BCUT2D eigenvalue weighted by Gasteiger charge is 2.14. The van der Waals surface area contributed by atoms with Crippen molar-refractivity contribution >= 4 is 17.3 Å². The molecule has 1 amide bonds. The van der Waals surface area contributed by atoms with Crippen LogP contribution in [0, 0.1) is 0 Å². The first kappa shape index (κ1) is 13.7. The van der Waals surface area contributed by atoms with Crippen LogP contribution in [0.5, 0.6) is 0 Å². The van der Waals surface area contributed by atoms with E-state index in [4.69, 9.17) is 0 Å². The number of carbonyl (C=O) groups excluding carboxylic acids is 1. The number of hydrogen-bond acceptors (Lipinski definition) is 3. The quantitative estimate of drug-likeness (QED) is 0.900. The average Bonchev–Trinajstić information content (AvgIpc) is 2.43. The minimum atomic E-state index is 0.132. The molecule has 19 heavy (non-hydrogen) atoms. The number of nitrogens with one attached hydrogen (secondary N) is 1. The molecule has 1 aromatic rings. The highest BCUT2D eigenvalue weighted by molar-refractivity contribution is 5.81. The molecular formula is C15H23N3O. The summed E-state index contributed by atoms with van der Waals surface area (Å²) in [7, 11) is 3.59. The summed E-state index contributed by atoms with van der Waals surface area (Å²) in [4.78, 5) is 15.6. The number of likely N-dealkylation sites (N-methyl/N-ethyl adjacent to an activating group) is 2. The minimum absolute atomic E-state index is 0.132. The summed E-state index contributed by atoms with van der Waals surface area (Å²) in [6.07, 6.45) is 2.34. The molecule has 0 unspecified atom stereocenters. The Morgan fingerprint density at radius 2 is 2.16 bits per heavy atom. The number of nitrogens with zero attached hydrogens (tertiary/aromatic N) is 2. The third-order valence-corrected chi connectivity index (χ3v) is 3.60. The number of carbonyl (C=O) groups is 1. The second kappa shape index (κ2) is 5.95. The van der Waals surface area contributed by atoms with E-state index in [0.717, 1.165) is 25.2 Å². The molecule has 0 spiro atoms. The van der Waals surface area contributed by atoms with Gasteiger partial charge in [0, 0.05) is 38.6 Å². The van der Waals surface area contributed by atoms with Gasteiger partial charge in [-0.2, -0.15) is 0 Å². The van der Waals surface area contributed by atoms with Crippen LogP contribution in [0.3, 0.4) is 0 Å². The van der Waals surface area contributed by atoms with Crippen molar-refractivity contribution in [3.63, 3.8) is 0 Å². The zero-order valence-corrected chi connectivity index (χ0v) is 12.1. The normalized spacial score (nSPS) is 13.4. The van der Waals surface area contributed by atoms with Crippen LogP contribution in [0.1, 0.15) is 18.9 Å². The monoisotopic (exact) mass is 261 g/mol. The fourth-order valence-electron chi connectivity index (χ4n) is 2.34. The summed E-state index contributed by atoms with van der Waals surface area (Å²) < 4.78 is 0. The van der Waals surface area contributed by atoms with Crippen LogP contribution < -0.4 is 10.2 Å². The van der Waals surface area contributed by atoms with Crippen LogP contribution in [0.25, 0.3) is 0 Å². The molecule has 0 saturated carbocycles. The van der Waals surface area contributed by atoms with E-state index >= 15 is 0 Å². The predicted molar refractivity (Wildman–Crippen MR) is 79.8 cm³/mol. The van der Waals surface area contributed by atoms with Gasteiger partial charge in [0.2, 0.25) is 5.91 Å². The van der Waals surface area contributed by atoms with Crippen LogP contribution in [0.15, 0.2) is 18.2 Å². The Balaban J connectivity index is 2.16. The highest BCUT2D eigenvalue weighted by Crippen LogP contribution is 2.27. The Labute approximate surface area is 115 Å². The van der Waals surface area contributed by atoms with Gasteiger partial charge in [-0.25, -0.2) is 0 Å². The highest BCUT2D eigenvalue weighted by atomic mass is 16.2. The predicted octanol–water partition coefficient (Wildman–Crippen LogP) is 1.96. The Kier molecular flexibility index (Phi) is 4.30. The third-order valence-electron chi connectivity index (χ3n) is 3.60. The number of anilines is 2. The molecule has 1 N–H and O–H groups in total. The lowest BCUT2D eigenvalue weighted by atomic mass is 10.0. The van der Waals surface area contributed by atoms with Gasteiger partial charge >= 0.3 is 0 Å². The van der Waals surface area contributed by atoms with Gasteiger partial charge in [0.05, 0.1) is 6.54 Å². The van der Waals surface area contributed by atoms with Gasteiger partial charge in [-0.3, -0.25) is 4.79 Å². The van der Waals surface area contributed by atoms with Gasteiger partial charge < -0.3 is 15.1 Å². The van der Waals surface area contributed by atoms with Crippen molar-refractivity contribution < 1.29 is 4.79 Å². The standard InChI is InChI=1S/C15H23N3O/c1-4-18(11-15(19)17(2)3)13-8-7-12-6-5-9-16-14(12)10-13/h7-8,10,16H,4-6,9,11H2,1-3H3. The molecule has 0 bridgehead atoms. The SMILES string of the molecule is CCN(CC(=O)N(C)C)c1ccc2c(c1)NCCC2. The molecular weight excluding hydrogens is 238 g/mol. The molecule has 4 heteroatoms. The molecule has 0 radical (unpaired) electrons. The molecule has 2 rings (SSSR count). The van der Waals surface area contributed by atoms with Gasteiger partial charge in [-0.05, 0) is 37.5 Å². The summed E-state index contributed by atoms with van der Waals surface area (Å²) in [5.41, 5.74) is 3.72. The summed E-state index contributed by atoms with van der Waals surface area (Å²) in [5, 5.41) is 3.44. The van der Waals surface area contributed by atoms with E-state index in [1.54, 1.807) is 19.0 Å². The van der Waals surface area contributed by atoms with Gasteiger partial charge in [0.15, 0.2) is 0 Å². The second-order valence-electron chi connectivity index (χ2n) is 5.17. The number of rotatable bonds is 4. The van der Waals surface area contributed by atoms with Gasteiger partial charge in [-0.15, -0.1) is 0 Å². The minimum Gasteiger partial charge on any atom is -0.385 e. The number of benzene rings is 1. The fourth-order valence-corrected chi connectivity index (χ4v) is 2.34. The summed E-state index contributed by atoms with van der Waals surface area (Å²) in [6.45, 7) is 4.38. The maximum absolute atomic E-state index is 11.8. The van der Waals surface area contributed by atoms with E-state index in [0.29, 0.717) is 6.54 Å². The van der Waals surface area contributed by atoms with Crippen LogP contribution in [-0.2, 0) is 11.2 Å². The Hall–Kier alpha value is -1.71. The molecule has 1 aliphatic heterocycles.